The number of imidazole rings is 1. The number of phosphoric ester groups is 1. The van der Waals surface area contributed by atoms with Crippen LogP contribution in [0.15, 0.2) is 58.8 Å². The zero-order valence-electron chi connectivity index (χ0n) is 44.9. The third-order valence-electron chi connectivity index (χ3n) is 13.6. The molecule has 0 aliphatic carbocycles. The number of halogens is 2. The second-order valence-electron chi connectivity index (χ2n) is 20.0. The van der Waals surface area contributed by atoms with E-state index in [2.05, 4.69) is 54.2 Å². The molecule has 8 rings (SSSR count). The molecule has 0 bridgehead atoms. The number of benzene rings is 1. The summed E-state index contributed by atoms with van der Waals surface area (Å²) < 4.78 is 85.4. The third-order valence-corrected chi connectivity index (χ3v) is 16.5. The smallest absolute Gasteiger partial charge is 0.444 e. The average Bonchev–Trinajstić information content (AvgIpc) is 1.84. The van der Waals surface area contributed by atoms with E-state index in [9.17, 15) is 57.5 Å². The van der Waals surface area contributed by atoms with Crippen molar-refractivity contribution in [2.45, 2.75) is 126 Å². The molecule has 8 amide bonds. The molecule has 4 aliphatic heterocycles. The number of amides is 8. The molecule has 0 spiro atoms. The summed E-state index contributed by atoms with van der Waals surface area (Å²) in [7, 11) is -5.30. The lowest BCUT2D eigenvalue weighted by atomic mass is 10.0. The second kappa shape index (κ2) is 27.8. The number of fused-ring (bicyclic) bond motifs is 3. The maximum absolute atomic E-state index is 16.5. The summed E-state index contributed by atoms with van der Waals surface area (Å²) in [5.74, 6) is -3.07. The monoisotopic (exact) mass is 1270 g/mol. The summed E-state index contributed by atoms with van der Waals surface area (Å²) in [5.41, 5.74) is 3.77. The molecule has 0 radical (unpaired) electrons. The number of rotatable bonds is 20. The number of hydrogen-bond acceptors (Lipinski definition) is 22. The number of nitrogens with one attached hydrogen (secondary N) is 6. The highest BCUT2D eigenvalue weighted by atomic mass is 32.5. The standard InChI is InChI=1S/C47H59F2N13O19P2S2/c1-22(2)34(57-29(63)6-4-3-5-14-60-31(65)16-28(84)42(60)68)41(67)56-25(11-13-51-45(50)69)40(66)55-24-9-7-23(8-10-24)17-75-47(71)59-38-35-39(53-20-52-38)62(21-54-35)44-32(48)36-27(79-44)19-77-83(74,85)81-37-26(18-76-82(72,73)80-36)78-43(33(37)49)61-15-12-30(64)58-46(61)70/h7-10,12,15,20-22,25-28,32-34,36-37,43-44,84H,3-6,11,13-14,16-19H2,1-2H3,(H,55,66)(H,56,67)(H,57,63)(H,72,73)(H,74,85)(H3,50,51,69)(H,58,64,70)(H,52,53,59,71)/t25?,26-,27-,28?,32-,33-,34?,36-,37-,43-,44-,83?/m1/s1. The number of aromatic amines is 1. The number of urea groups is 1. The van der Waals surface area contributed by atoms with Crippen LogP contribution in [0.1, 0.15) is 70.4 Å². The van der Waals surface area contributed by atoms with Gasteiger partial charge < -0.3 is 55.5 Å². The van der Waals surface area contributed by atoms with Crippen molar-refractivity contribution >= 4 is 103 Å². The van der Waals surface area contributed by atoms with Gasteiger partial charge in [0.05, 0.1) is 24.8 Å². The van der Waals surface area contributed by atoms with Crippen LogP contribution in [0.2, 0.25) is 0 Å². The molecule has 3 aromatic heterocycles. The largest absolute Gasteiger partial charge is 0.472 e. The number of phosphoric acid groups is 1. The number of H-pyrrole nitrogens is 1. The van der Waals surface area contributed by atoms with Crippen LogP contribution in [0.5, 0.6) is 0 Å². The van der Waals surface area contributed by atoms with Gasteiger partial charge in [-0.1, -0.05) is 32.4 Å². The summed E-state index contributed by atoms with van der Waals surface area (Å²) in [6.07, 6.45) is -12.1. The van der Waals surface area contributed by atoms with E-state index in [0.29, 0.717) is 29.4 Å². The minimum absolute atomic E-state index is 0.0450. The van der Waals surface area contributed by atoms with Gasteiger partial charge in [0.1, 0.15) is 49.4 Å². The first-order valence-electron chi connectivity index (χ1n) is 26.2. The van der Waals surface area contributed by atoms with Crippen molar-refractivity contribution in [3.05, 3.63) is 75.6 Å². The molecule has 4 aromatic rings. The van der Waals surface area contributed by atoms with Gasteiger partial charge in [0.25, 0.3) is 5.56 Å². The van der Waals surface area contributed by atoms with E-state index in [1.165, 1.54) is 24.3 Å². The molecule has 32 nitrogen and oxygen atoms in total. The van der Waals surface area contributed by atoms with Gasteiger partial charge in [0.15, 0.2) is 41.8 Å². The number of hydrogen-bond donors (Lipinski definition) is 10. The summed E-state index contributed by atoms with van der Waals surface area (Å²) in [5, 5.41) is 12.2. The Morgan fingerprint density at radius 1 is 0.894 bits per heavy atom. The van der Waals surface area contributed by atoms with Gasteiger partial charge in [0, 0.05) is 43.9 Å². The number of aromatic nitrogens is 6. The molecule has 4 fully saturated rings. The zero-order valence-corrected chi connectivity index (χ0v) is 48.4. The first-order valence-corrected chi connectivity index (χ1v) is 30.8. The molecular formula is C47H59F2N13O19P2S2. The minimum atomic E-state index is -5.30. The SMILES string of the molecule is CC(C)C(NC(=O)CCCCCN1C(=O)CC(S)C1=O)C(=O)NC(CCNC(N)=O)C(=O)Nc1ccc(COC(=O)Nc2ncnc3c2ncn3[C@@H]2O[C@@H]3COP(O)(=S)O[C@H]4[C@@H](F)[C@H](n5ccc(=O)[nH]c5=O)O[C@@H]4COP(=O)(O)O[C@H]3[C@H]2F)cc1. The fourth-order valence-corrected chi connectivity index (χ4v) is 12.0. The highest BCUT2D eigenvalue weighted by Crippen LogP contribution is 2.54. The number of thiol groups is 1. The number of carbonyl (C=O) groups is 7. The van der Waals surface area contributed by atoms with E-state index in [0.717, 1.165) is 34.4 Å². The Labute approximate surface area is 490 Å². The topological polar surface area (TPSA) is 430 Å². The number of anilines is 2. The summed E-state index contributed by atoms with van der Waals surface area (Å²) in [4.78, 5) is 150. The lowest BCUT2D eigenvalue weighted by Gasteiger charge is -2.28. The van der Waals surface area contributed by atoms with Crippen LogP contribution < -0.4 is 43.6 Å². The van der Waals surface area contributed by atoms with E-state index in [1.807, 2.05) is 4.98 Å². The van der Waals surface area contributed by atoms with E-state index in [-0.39, 0.29) is 73.4 Å². The van der Waals surface area contributed by atoms with Gasteiger partial charge in [-0.3, -0.25) is 66.7 Å². The fourth-order valence-electron chi connectivity index (χ4n) is 9.30. The minimum Gasteiger partial charge on any atom is -0.444 e. The molecule has 462 valence electrons. The predicted octanol–water partition coefficient (Wildman–Crippen LogP) is 0.971. The first kappa shape index (κ1) is 64.3. The quantitative estimate of drug-likeness (QED) is 0.0255. The van der Waals surface area contributed by atoms with E-state index in [1.54, 1.807) is 13.8 Å². The Kier molecular flexibility index (Phi) is 21.0. The normalized spacial score (nSPS) is 27.7. The first-order chi connectivity index (χ1) is 40.3. The van der Waals surface area contributed by atoms with Crippen molar-refractivity contribution in [1.29, 1.82) is 0 Å². The number of nitrogens with zero attached hydrogens (tertiary/aromatic N) is 6. The average molecular weight is 1270 g/mol. The van der Waals surface area contributed by atoms with Gasteiger partial charge in [-0.05, 0) is 54.7 Å². The number of likely N-dealkylation sites (tertiary alicyclic amines) is 1. The number of carbonyl (C=O) groups excluding carboxylic acids is 7. The molecule has 4 aliphatic rings. The maximum atomic E-state index is 16.5. The second-order valence-corrected chi connectivity index (χ2v) is 24.8. The molecule has 1 aromatic carbocycles. The molecule has 13 atom stereocenters. The molecule has 7 heterocycles. The third kappa shape index (κ3) is 16.2. The maximum Gasteiger partial charge on any atom is 0.472 e. The van der Waals surface area contributed by atoms with Crippen molar-refractivity contribution in [3.63, 3.8) is 0 Å². The van der Waals surface area contributed by atoms with Crippen molar-refractivity contribution in [2.75, 3.05) is 36.9 Å². The number of ether oxygens (including phenoxy) is 3. The number of nitrogens with two attached hydrogens (primary N) is 1. The van der Waals surface area contributed by atoms with Crippen molar-refractivity contribution < 1.29 is 89.0 Å². The van der Waals surface area contributed by atoms with Gasteiger partial charge >= 0.3 is 32.4 Å². The molecule has 4 saturated heterocycles. The molecule has 0 saturated carbocycles. The summed E-state index contributed by atoms with van der Waals surface area (Å²) in [6, 6.07) is 3.74. The van der Waals surface area contributed by atoms with Crippen molar-refractivity contribution in [1.82, 2.24) is 49.9 Å². The Morgan fingerprint density at radius 3 is 2.24 bits per heavy atom. The van der Waals surface area contributed by atoms with Gasteiger partial charge in [-0.15, -0.1) is 0 Å². The van der Waals surface area contributed by atoms with Gasteiger partial charge in [-0.2, -0.15) is 12.6 Å². The Hall–Kier alpha value is -6.69. The van der Waals surface area contributed by atoms with Crippen LogP contribution in [0.25, 0.3) is 11.2 Å². The van der Waals surface area contributed by atoms with Crippen LogP contribution in [-0.4, -0.2) is 166 Å². The van der Waals surface area contributed by atoms with Crippen LogP contribution in [0.3, 0.4) is 0 Å². The fraction of sp³-hybridized carbons (Fsp3) is 0.532. The van der Waals surface area contributed by atoms with E-state index in [4.69, 9.17) is 49.8 Å². The number of alkyl halides is 2. The van der Waals surface area contributed by atoms with E-state index < -0.39 is 141 Å². The predicted molar refractivity (Wildman–Crippen MR) is 295 cm³/mol. The highest BCUT2D eigenvalue weighted by Gasteiger charge is 2.54. The van der Waals surface area contributed by atoms with Gasteiger partial charge in [-0.25, -0.2) is 42.7 Å². The lowest BCUT2D eigenvalue weighted by Crippen LogP contribution is -2.55. The Balaban J connectivity index is 0.840. The molecule has 5 unspecified atom stereocenters. The zero-order chi connectivity index (χ0) is 61.5. The molecule has 10 N–H and O–H groups in total. The Morgan fingerprint density at radius 2 is 1.58 bits per heavy atom. The molecule has 38 heteroatoms. The number of unbranched alkanes of at least 4 members (excludes halogenated alkanes) is 2. The number of imide groups is 1. The highest BCUT2D eigenvalue weighted by molar-refractivity contribution is 8.07. The van der Waals surface area contributed by atoms with Crippen LogP contribution in [0, 0.1) is 5.92 Å². The van der Waals surface area contributed by atoms with E-state index >= 15 is 8.78 Å². The lowest BCUT2D eigenvalue weighted by molar-refractivity contribution is -0.138. The van der Waals surface area contributed by atoms with Crippen LogP contribution in [0.4, 0.5) is 29.9 Å². The van der Waals surface area contributed by atoms with Crippen LogP contribution in [-0.2, 0) is 79.3 Å². The van der Waals surface area contributed by atoms with Crippen molar-refractivity contribution in [3.8, 4) is 0 Å². The molecular weight excluding hydrogens is 1210 g/mol. The summed E-state index contributed by atoms with van der Waals surface area (Å²) >= 11 is 9.23. The summed E-state index contributed by atoms with van der Waals surface area (Å²) in [6.45, 7) is -3.19. The van der Waals surface area contributed by atoms with Gasteiger partial charge in [0.2, 0.25) is 29.5 Å². The molecule has 85 heavy (non-hydrogen) atoms. The van der Waals surface area contributed by atoms with Crippen molar-refractivity contribution in [2.24, 2.45) is 11.7 Å². The number of primary amides is 1. The van der Waals surface area contributed by atoms with Crippen LogP contribution >= 0.6 is 27.2 Å². The Bertz CT molecular complexity index is 3390.